The van der Waals surface area contributed by atoms with E-state index in [1.54, 1.807) is 0 Å². The maximum Gasteiger partial charge on any atom is 0.119 e. The number of halogens is 5. The summed E-state index contributed by atoms with van der Waals surface area (Å²) in [7, 11) is 0. The summed E-state index contributed by atoms with van der Waals surface area (Å²) in [4.78, 5) is 0. The van der Waals surface area contributed by atoms with Crippen LogP contribution in [0.2, 0.25) is 0 Å². The van der Waals surface area contributed by atoms with E-state index in [9.17, 15) is 0 Å². The van der Waals surface area contributed by atoms with E-state index in [2.05, 4.69) is 174 Å². The molecular weight excluding hydrogens is 1480 g/mol. The Kier molecular flexibility index (Phi) is 32.4. The number of hydrogen-bond acceptors (Lipinski definition) is 12. The van der Waals surface area contributed by atoms with Crippen molar-refractivity contribution in [2.45, 2.75) is 40.4 Å². The highest BCUT2D eigenvalue weighted by Gasteiger charge is 2.18. The second-order valence-electron chi connectivity index (χ2n) is 15.8. The highest BCUT2D eigenvalue weighted by Crippen LogP contribution is 2.19. The molecule has 0 amide bonds. The molecule has 0 fully saturated rings. The Hall–Kier alpha value is -1.53. The predicted molar refractivity (Wildman–Crippen MR) is 321 cm³/mol. The molecular formula is C54H65I5O12. The number of hydrogen-bond donors (Lipinski definition) is 0. The van der Waals surface area contributed by atoms with Gasteiger partial charge in [-0.2, -0.15) is 0 Å². The molecule has 0 spiro atoms. The Bertz CT molecular complexity index is 1960. The minimum Gasteiger partial charge on any atom is -0.491 e. The summed E-state index contributed by atoms with van der Waals surface area (Å²) >= 11 is 11.8. The van der Waals surface area contributed by atoms with E-state index in [1.807, 2.05) is 60.7 Å². The second kappa shape index (κ2) is 38.1. The molecule has 71 heavy (non-hydrogen) atoms. The smallest absolute Gasteiger partial charge is 0.119 e. The van der Waals surface area contributed by atoms with E-state index >= 15 is 0 Å². The Morgan fingerprint density at radius 2 is 0.437 bits per heavy atom. The van der Waals surface area contributed by atoms with Gasteiger partial charge in [0.1, 0.15) is 80.1 Å². The van der Waals surface area contributed by atoms with Crippen molar-refractivity contribution in [2.24, 2.45) is 0 Å². The summed E-state index contributed by atoms with van der Waals surface area (Å²) in [6, 6.07) is 40.5. The molecule has 0 bridgehead atoms. The Labute approximate surface area is 488 Å². The summed E-state index contributed by atoms with van der Waals surface area (Å²) in [5.74, 6) is 3.99. The Balaban J connectivity index is 1.14. The van der Waals surface area contributed by atoms with E-state index < -0.39 is 6.10 Å². The van der Waals surface area contributed by atoms with Gasteiger partial charge in [-0.3, -0.25) is 0 Å². The van der Waals surface area contributed by atoms with Crippen molar-refractivity contribution in [1.29, 1.82) is 0 Å². The Morgan fingerprint density at radius 3 is 0.648 bits per heavy atom. The molecule has 0 N–H and O–H groups in total. The molecule has 5 aromatic rings. The molecule has 2 unspecified atom stereocenters. The van der Waals surface area contributed by atoms with Crippen LogP contribution in [0.15, 0.2) is 121 Å². The number of ether oxygens (including phenoxy) is 12. The molecule has 388 valence electrons. The third kappa shape index (κ3) is 26.2. The molecule has 17 heteroatoms. The molecule has 2 atom stereocenters. The quantitative estimate of drug-likeness (QED) is 0.0212. The molecule has 0 aromatic heterocycles. The lowest BCUT2D eigenvalue weighted by Crippen LogP contribution is -2.34. The van der Waals surface area contributed by atoms with Gasteiger partial charge in [0.2, 0.25) is 0 Å². The predicted octanol–water partition coefficient (Wildman–Crippen LogP) is 12.3. The molecule has 0 heterocycles. The van der Waals surface area contributed by atoms with Gasteiger partial charge in [-0.05, 0) is 88.5 Å². The first-order chi connectivity index (χ1) is 35.0. The molecule has 5 rings (SSSR count). The van der Waals surface area contributed by atoms with E-state index in [1.165, 1.54) is 27.8 Å². The van der Waals surface area contributed by atoms with Crippen molar-refractivity contribution in [3.05, 3.63) is 149 Å². The van der Waals surface area contributed by atoms with Crippen LogP contribution in [0.3, 0.4) is 0 Å². The lowest BCUT2D eigenvalue weighted by molar-refractivity contribution is -0.113. The fourth-order valence-electron chi connectivity index (χ4n) is 6.46. The van der Waals surface area contributed by atoms with Gasteiger partial charge in [-0.15, -0.1) is 0 Å². The van der Waals surface area contributed by atoms with Crippen molar-refractivity contribution in [1.82, 2.24) is 0 Å². The van der Waals surface area contributed by atoms with Gasteiger partial charge in [-0.1, -0.05) is 174 Å². The second-order valence-corrected chi connectivity index (χ2v) is 19.6. The summed E-state index contributed by atoms with van der Waals surface area (Å²) in [6.07, 6.45) is -1.18. The highest BCUT2D eigenvalue weighted by atomic mass is 127. The standard InChI is InChI=1S/C54H65I5O12/c55-31-42-1-11-47(12-2-42)64-23-21-60-36-52(69-28-25-66-49-15-5-44(33-57)6-16-49)38-62-40-54(71-30-27-68-51-19-9-46(35-59)10-20-51)41-63-39-53(70-29-26-67-50-17-7-45(34-58)8-18-50)37-61-22-24-65-48-13-3-43(32-56)4-14-48/h1-20,52-54H,21-41H2. The third-order valence-corrected chi connectivity index (χ3v) is 14.7. The summed E-state index contributed by atoms with van der Waals surface area (Å²) in [5.41, 5.74) is 6.23. The van der Waals surface area contributed by atoms with E-state index in [0.717, 1.165) is 50.9 Å². The van der Waals surface area contributed by atoms with Crippen molar-refractivity contribution in [3.63, 3.8) is 0 Å². The average Bonchev–Trinajstić information content (AvgIpc) is 3.42. The van der Waals surface area contributed by atoms with Crippen LogP contribution in [-0.2, 0) is 55.3 Å². The van der Waals surface area contributed by atoms with Crippen molar-refractivity contribution < 1.29 is 56.8 Å². The SMILES string of the molecule is ICc1ccc(OCCOCC(COCC(COCC(COCCOc2ccc(CI)cc2)OCCOc2ccc(CI)cc2)OCCOc2ccc(CI)cc2)OCCOc2ccc(CI)cc2)cc1. The largest absolute Gasteiger partial charge is 0.491 e. The minimum absolute atomic E-state index is 0.239. The molecule has 0 saturated carbocycles. The topological polar surface area (TPSA) is 111 Å². The Morgan fingerprint density at radius 1 is 0.239 bits per heavy atom. The fourth-order valence-corrected chi connectivity index (χ4v) is 9.00. The molecule has 0 aliphatic heterocycles. The number of rotatable bonds is 40. The fraction of sp³-hybridized carbons (Fsp3) is 0.444. The van der Waals surface area contributed by atoms with Crippen molar-refractivity contribution in [3.8, 4) is 28.7 Å². The zero-order chi connectivity index (χ0) is 50.0. The monoisotopic (exact) mass is 1540 g/mol. The van der Waals surface area contributed by atoms with Crippen LogP contribution < -0.4 is 23.7 Å². The number of alkyl halides is 5. The minimum atomic E-state index is -0.426. The van der Waals surface area contributed by atoms with Crippen LogP contribution in [0.4, 0.5) is 0 Å². The first-order valence-electron chi connectivity index (χ1n) is 23.5. The van der Waals surface area contributed by atoms with Gasteiger partial charge in [-0.25, -0.2) is 0 Å². The molecule has 0 saturated heterocycles. The van der Waals surface area contributed by atoms with E-state index in [-0.39, 0.29) is 38.6 Å². The lowest BCUT2D eigenvalue weighted by atomic mass is 10.2. The first-order valence-corrected chi connectivity index (χ1v) is 31.1. The van der Waals surface area contributed by atoms with Gasteiger partial charge < -0.3 is 56.8 Å². The normalized spacial score (nSPS) is 12.6. The molecule has 5 aromatic carbocycles. The van der Waals surface area contributed by atoms with Crippen molar-refractivity contribution in [2.75, 3.05) is 106 Å². The number of benzene rings is 5. The van der Waals surface area contributed by atoms with Gasteiger partial charge in [0.15, 0.2) is 0 Å². The zero-order valence-corrected chi connectivity index (χ0v) is 50.7. The molecule has 0 aliphatic carbocycles. The van der Waals surface area contributed by atoms with Crippen LogP contribution in [0.1, 0.15) is 27.8 Å². The maximum absolute atomic E-state index is 6.34. The summed E-state index contributed by atoms with van der Waals surface area (Å²) in [5, 5.41) is 0. The summed E-state index contributed by atoms with van der Waals surface area (Å²) in [6.45, 7) is 5.31. The van der Waals surface area contributed by atoms with Crippen LogP contribution >= 0.6 is 113 Å². The van der Waals surface area contributed by atoms with Crippen molar-refractivity contribution >= 4 is 113 Å². The van der Waals surface area contributed by atoms with Crippen LogP contribution in [0, 0.1) is 0 Å². The van der Waals surface area contributed by atoms with Gasteiger partial charge in [0, 0.05) is 22.1 Å². The molecule has 0 aliphatic rings. The van der Waals surface area contributed by atoms with Gasteiger partial charge in [0.05, 0.1) is 72.7 Å². The van der Waals surface area contributed by atoms with E-state index in [4.69, 9.17) is 56.8 Å². The lowest BCUT2D eigenvalue weighted by Gasteiger charge is -2.23. The zero-order valence-electron chi connectivity index (χ0n) is 39.9. The third-order valence-electron chi connectivity index (χ3n) is 10.3. The molecule has 12 nitrogen and oxygen atoms in total. The van der Waals surface area contributed by atoms with Crippen LogP contribution in [0.25, 0.3) is 0 Å². The first kappa shape index (κ1) is 60.3. The summed E-state index contributed by atoms with van der Waals surface area (Å²) < 4.78 is 78.2. The van der Waals surface area contributed by atoms with Gasteiger partial charge in [0.25, 0.3) is 0 Å². The van der Waals surface area contributed by atoms with Gasteiger partial charge >= 0.3 is 0 Å². The highest BCUT2D eigenvalue weighted by molar-refractivity contribution is 14.1. The molecule has 0 radical (unpaired) electrons. The van der Waals surface area contributed by atoms with Crippen LogP contribution in [-0.4, -0.2) is 124 Å². The maximum atomic E-state index is 6.34. The van der Waals surface area contributed by atoms with E-state index in [0.29, 0.717) is 79.3 Å². The van der Waals surface area contributed by atoms with Crippen LogP contribution in [0.5, 0.6) is 28.7 Å². The average molecular weight is 1540 g/mol.